The Morgan fingerprint density at radius 2 is 1.33 bits per heavy atom. The molecule has 0 heterocycles. The van der Waals surface area contributed by atoms with Crippen LogP contribution in [0.3, 0.4) is 0 Å². The summed E-state index contributed by atoms with van der Waals surface area (Å²) in [6.45, 7) is 1.90. The monoisotopic (exact) mass is 530 g/mol. The second kappa shape index (κ2) is 14.9. The summed E-state index contributed by atoms with van der Waals surface area (Å²) < 4.78 is 0. The van der Waals surface area contributed by atoms with Gasteiger partial charge in [-0.3, -0.25) is 14.4 Å². The van der Waals surface area contributed by atoms with Gasteiger partial charge in [-0.25, -0.2) is 4.79 Å². The molecular formula is C30H34N4O5. The summed E-state index contributed by atoms with van der Waals surface area (Å²) in [5, 5.41) is 20.1. The molecule has 0 spiro atoms. The third-order valence-corrected chi connectivity index (χ3v) is 6.09. The zero-order chi connectivity index (χ0) is 28.0. The molecule has 2 unspecified atom stereocenters. The summed E-state index contributed by atoms with van der Waals surface area (Å²) in [4.78, 5) is 48.0. The molecule has 2 atom stereocenters. The van der Waals surface area contributed by atoms with E-state index in [9.17, 15) is 24.3 Å². The highest BCUT2D eigenvalue weighted by Crippen LogP contribution is 2.23. The minimum absolute atomic E-state index is 0.126. The number of carboxylic acid groups (broad SMARTS) is 1. The first-order valence-corrected chi connectivity index (χ1v) is 12.8. The van der Waals surface area contributed by atoms with Crippen molar-refractivity contribution in [2.75, 3.05) is 13.1 Å². The van der Waals surface area contributed by atoms with Crippen LogP contribution < -0.4 is 21.3 Å². The first kappa shape index (κ1) is 28.9. The molecule has 0 aromatic heterocycles. The van der Waals surface area contributed by atoms with Crippen molar-refractivity contribution in [3.8, 4) is 11.1 Å². The van der Waals surface area contributed by atoms with Gasteiger partial charge in [0.05, 0.1) is 25.0 Å². The topological polar surface area (TPSA) is 137 Å². The summed E-state index contributed by atoms with van der Waals surface area (Å²) in [6.07, 6.45) is 0.234. The zero-order valence-corrected chi connectivity index (χ0v) is 21.9. The van der Waals surface area contributed by atoms with Gasteiger partial charge in [-0.2, -0.15) is 0 Å². The molecule has 3 aromatic carbocycles. The molecule has 4 amide bonds. The van der Waals surface area contributed by atoms with Crippen molar-refractivity contribution in [1.82, 2.24) is 21.3 Å². The summed E-state index contributed by atoms with van der Waals surface area (Å²) in [5.74, 6) is -1.88. The van der Waals surface area contributed by atoms with Gasteiger partial charge in [0.25, 0.3) is 0 Å². The van der Waals surface area contributed by atoms with E-state index in [4.69, 9.17) is 0 Å². The second-order valence-corrected chi connectivity index (χ2v) is 9.12. The van der Waals surface area contributed by atoms with Crippen molar-refractivity contribution in [3.05, 3.63) is 96.1 Å². The number of hydrogen-bond acceptors (Lipinski definition) is 4. The van der Waals surface area contributed by atoms with Gasteiger partial charge in [-0.1, -0.05) is 84.9 Å². The number of aliphatic carboxylic acids is 1. The van der Waals surface area contributed by atoms with E-state index < -0.39 is 17.9 Å². The molecule has 0 aliphatic carbocycles. The predicted molar refractivity (Wildman–Crippen MR) is 149 cm³/mol. The average Bonchev–Trinajstić information content (AvgIpc) is 2.94. The Morgan fingerprint density at radius 3 is 1.97 bits per heavy atom. The second-order valence-electron chi connectivity index (χ2n) is 9.12. The highest BCUT2D eigenvalue weighted by atomic mass is 16.4. The third-order valence-electron chi connectivity index (χ3n) is 6.09. The van der Waals surface area contributed by atoms with Crippen LogP contribution in [-0.2, 0) is 14.4 Å². The van der Waals surface area contributed by atoms with Crippen LogP contribution in [0, 0.1) is 0 Å². The van der Waals surface area contributed by atoms with Gasteiger partial charge in [0.15, 0.2) is 0 Å². The summed E-state index contributed by atoms with van der Waals surface area (Å²) in [6, 6.07) is 25.4. The van der Waals surface area contributed by atoms with E-state index >= 15 is 0 Å². The fraction of sp³-hybridized carbons (Fsp3) is 0.267. The number of carboxylic acids is 1. The zero-order valence-electron chi connectivity index (χ0n) is 21.9. The third kappa shape index (κ3) is 9.96. The van der Waals surface area contributed by atoms with Crippen LogP contribution in [0.4, 0.5) is 4.79 Å². The van der Waals surface area contributed by atoms with Crippen LogP contribution >= 0.6 is 0 Å². The summed E-state index contributed by atoms with van der Waals surface area (Å²) in [5.41, 5.74) is 3.65. The Bertz CT molecular complexity index is 1230. The van der Waals surface area contributed by atoms with Crippen LogP contribution in [0.25, 0.3) is 11.1 Å². The molecule has 5 N–H and O–H groups in total. The maximum absolute atomic E-state index is 12.5. The lowest BCUT2D eigenvalue weighted by atomic mass is 9.99. The molecule has 3 rings (SSSR count). The first-order valence-electron chi connectivity index (χ1n) is 12.8. The van der Waals surface area contributed by atoms with Gasteiger partial charge in [-0.15, -0.1) is 0 Å². The van der Waals surface area contributed by atoms with Gasteiger partial charge < -0.3 is 26.4 Å². The molecule has 0 saturated heterocycles. The Hall–Kier alpha value is -4.66. The lowest BCUT2D eigenvalue weighted by Crippen LogP contribution is -2.40. The first-order chi connectivity index (χ1) is 18.8. The molecule has 0 aliphatic rings. The van der Waals surface area contributed by atoms with E-state index in [2.05, 4.69) is 21.3 Å². The maximum Gasteiger partial charge on any atom is 0.315 e. The lowest BCUT2D eigenvalue weighted by molar-refractivity contribution is -0.138. The lowest BCUT2D eigenvalue weighted by Gasteiger charge is -2.18. The normalized spacial score (nSPS) is 12.0. The molecule has 9 nitrogen and oxygen atoms in total. The highest BCUT2D eigenvalue weighted by Gasteiger charge is 2.19. The smallest absolute Gasteiger partial charge is 0.315 e. The number of nitrogens with one attached hydrogen (secondary N) is 4. The minimum atomic E-state index is -1.05. The number of amides is 4. The molecule has 0 bridgehead atoms. The number of urea groups is 1. The molecule has 3 aromatic rings. The van der Waals surface area contributed by atoms with Crippen LogP contribution in [0.15, 0.2) is 84.9 Å². The molecule has 0 saturated carbocycles. The molecule has 0 aliphatic heterocycles. The van der Waals surface area contributed by atoms with Crippen LogP contribution in [-0.4, -0.2) is 42.0 Å². The molecular weight excluding hydrogens is 496 g/mol. The predicted octanol–water partition coefficient (Wildman–Crippen LogP) is 3.94. The number of carbonyl (C=O) groups is 4. The van der Waals surface area contributed by atoms with Crippen molar-refractivity contribution in [2.24, 2.45) is 0 Å². The highest BCUT2D eigenvalue weighted by molar-refractivity contribution is 5.85. The molecule has 204 valence electrons. The van der Waals surface area contributed by atoms with Crippen LogP contribution in [0.1, 0.15) is 49.4 Å². The van der Waals surface area contributed by atoms with Crippen molar-refractivity contribution < 1.29 is 24.3 Å². The Morgan fingerprint density at radius 1 is 0.718 bits per heavy atom. The summed E-state index contributed by atoms with van der Waals surface area (Å²) in [7, 11) is 0. The number of rotatable bonds is 13. The van der Waals surface area contributed by atoms with E-state index in [0.29, 0.717) is 18.5 Å². The van der Waals surface area contributed by atoms with Gasteiger partial charge in [0.2, 0.25) is 11.8 Å². The number of benzene rings is 3. The van der Waals surface area contributed by atoms with Crippen LogP contribution in [0.5, 0.6) is 0 Å². The molecule has 0 radical (unpaired) electrons. The van der Waals surface area contributed by atoms with Crippen molar-refractivity contribution in [2.45, 2.75) is 38.3 Å². The molecule has 39 heavy (non-hydrogen) atoms. The van der Waals surface area contributed by atoms with E-state index in [1.165, 1.54) is 0 Å². The molecule has 9 heteroatoms. The van der Waals surface area contributed by atoms with Gasteiger partial charge in [0, 0.05) is 13.0 Å². The SMILES string of the molecule is CC(NC(=O)NCCCC(=O)NCC(=O)NC(CC(=O)O)c1ccc(-c2ccccc2)cc1)c1ccccc1. The number of hydrogen-bond donors (Lipinski definition) is 5. The Labute approximate surface area is 228 Å². The van der Waals surface area contributed by atoms with Crippen LogP contribution in [0.2, 0.25) is 0 Å². The van der Waals surface area contributed by atoms with Gasteiger partial charge >= 0.3 is 12.0 Å². The van der Waals surface area contributed by atoms with E-state index in [-0.39, 0.29) is 37.4 Å². The molecule has 0 fully saturated rings. The quantitative estimate of drug-likeness (QED) is 0.213. The van der Waals surface area contributed by atoms with E-state index in [1.807, 2.05) is 79.7 Å². The average molecular weight is 531 g/mol. The van der Waals surface area contributed by atoms with Gasteiger partial charge in [-0.05, 0) is 35.6 Å². The standard InChI is InChI=1S/C30H34N4O5/c1-21(22-9-4-2-5-10-22)33-30(39)31-18-8-13-27(35)32-20-28(36)34-26(19-29(37)38)25-16-14-24(15-17-25)23-11-6-3-7-12-23/h2-7,9-12,14-17,21,26H,8,13,18-20H2,1H3,(H,32,35)(H,34,36)(H,37,38)(H2,31,33,39). The van der Waals surface area contributed by atoms with Crippen molar-refractivity contribution in [3.63, 3.8) is 0 Å². The minimum Gasteiger partial charge on any atom is -0.481 e. The van der Waals surface area contributed by atoms with E-state index in [1.54, 1.807) is 12.1 Å². The maximum atomic E-state index is 12.5. The summed E-state index contributed by atoms with van der Waals surface area (Å²) >= 11 is 0. The van der Waals surface area contributed by atoms with Crippen molar-refractivity contribution in [1.29, 1.82) is 0 Å². The van der Waals surface area contributed by atoms with Crippen molar-refractivity contribution >= 4 is 23.8 Å². The largest absolute Gasteiger partial charge is 0.481 e. The van der Waals surface area contributed by atoms with E-state index in [0.717, 1.165) is 16.7 Å². The van der Waals surface area contributed by atoms with Gasteiger partial charge in [0.1, 0.15) is 0 Å². The Balaban J connectivity index is 1.39. The Kier molecular flexibility index (Phi) is 11.1. The fourth-order valence-corrected chi connectivity index (χ4v) is 4.00. The fourth-order valence-electron chi connectivity index (χ4n) is 4.00. The number of carbonyl (C=O) groups excluding carboxylic acids is 3.